The third-order valence-corrected chi connectivity index (χ3v) is 4.40. The lowest BCUT2D eigenvalue weighted by Gasteiger charge is -2.23. The molecule has 0 bridgehead atoms. The molecule has 3 heterocycles. The van der Waals surface area contributed by atoms with Crippen LogP contribution in [0.25, 0.3) is 11.1 Å². The van der Waals surface area contributed by atoms with E-state index < -0.39 is 5.92 Å². The molecular weight excluding hydrogens is 332 g/mol. The second-order valence-corrected chi connectivity index (χ2v) is 6.20. The van der Waals surface area contributed by atoms with Crippen LogP contribution in [0.3, 0.4) is 0 Å². The SMILES string of the molecule is O=C(CC1Cn2ncc(-c3ccccc3)c2NC1=O)NCc1ccco1. The van der Waals surface area contributed by atoms with Gasteiger partial charge in [-0.3, -0.25) is 9.59 Å². The summed E-state index contributed by atoms with van der Waals surface area (Å²) in [6.45, 7) is 0.688. The van der Waals surface area contributed by atoms with E-state index in [-0.39, 0.29) is 18.2 Å². The van der Waals surface area contributed by atoms with Gasteiger partial charge in [0.25, 0.3) is 0 Å². The number of carbonyl (C=O) groups is 2. The average molecular weight is 350 g/mol. The van der Waals surface area contributed by atoms with Crippen LogP contribution >= 0.6 is 0 Å². The molecule has 7 heteroatoms. The van der Waals surface area contributed by atoms with E-state index in [1.54, 1.807) is 29.3 Å². The summed E-state index contributed by atoms with van der Waals surface area (Å²) in [5, 5.41) is 10.0. The van der Waals surface area contributed by atoms with Crippen LogP contribution in [0.1, 0.15) is 12.2 Å². The van der Waals surface area contributed by atoms with Crippen LogP contribution in [0.15, 0.2) is 59.3 Å². The number of hydrogen-bond acceptors (Lipinski definition) is 4. The third-order valence-electron chi connectivity index (χ3n) is 4.40. The summed E-state index contributed by atoms with van der Waals surface area (Å²) in [4.78, 5) is 24.6. The van der Waals surface area contributed by atoms with Crippen molar-refractivity contribution >= 4 is 17.6 Å². The average Bonchev–Trinajstić information content (AvgIpc) is 3.31. The van der Waals surface area contributed by atoms with Crippen molar-refractivity contribution in [3.8, 4) is 11.1 Å². The Labute approximate surface area is 150 Å². The predicted octanol–water partition coefficient (Wildman–Crippen LogP) is 2.42. The van der Waals surface area contributed by atoms with E-state index in [0.717, 1.165) is 11.1 Å². The number of carbonyl (C=O) groups excluding carboxylic acids is 2. The summed E-state index contributed by atoms with van der Waals surface area (Å²) in [6, 6.07) is 13.3. The number of fused-ring (bicyclic) bond motifs is 1. The minimum Gasteiger partial charge on any atom is -0.467 e. The molecule has 7 nitrogen and oxygen atoms in total. The number of benzene rings is 1. The van der Waals surface area contributed by atoms with Crippen LogP contribution in [-0.4, -0.2) is 21.6 Å². The van der Waals surface area contributed by atoms with Crippen molar-refractivity contribution in [3.63, 3.8) is 0 Å². The van der Waals surface area contributed by atoms with Crippen LogP contribution < -0.4 is 10.6 Å². The molecule has 1 aliphatic rings. The number of nitrogens with zero attached hydrogens (tertiary/aromatic N) is 2. The molecule has 1 atom stereocenters. The van der Waals surface area contributed by atoms with Gasteiger partial charge in [0.1, 0.15) is 11.6 Å². The molecule has 0 radical (unpaired) electrons. The van der Waals surface area contributed by atoms with Crippen molar-refractivity contribution < 1.29 is 14.0 Å². The standard InChI is InChI=1S/C19H18N4O3/c24-17(20-10-15-7-4-8-26-15)9-14-12-23-18(22-19(14)25)16(11-21-23)13-5-2-1-3-6-13/h1-8,11,14H,9-10,12H2,(H,20,24)(H,22,25). The third kappa shape index (κ3) is 3.23. The van der Waals surface area contributed by atoms with E-state index >= 15 is 0 Å². The van der Waals surface area contributed by atoms with E-state index in [1.807, 2.05) is 30.3 Å². The molecule has 2 N–H and O–H groups in total. The minimum absolute atomic E-state index is 0.104. The molecule has 3 aromatic rings. The van der Waals surface area contributed by atoms with E-state index in [4.69, 9.17) is 4.42 Å². The van der Waals surface area contributed by atoms with Gasteiger partial charge in [-0.1, -0.05) is 30.3 Å². The first kappa shape index (κ1) is 16.1. The van der Waals surface area contributed by atoms with Gasteiger partial charge in [-0.15, -0.1) is 0 Å². The monoisotopic (exact) mass is 350 g/mol. The van der Waals surface area contributed by atoms with Crippen molar-refractivity contribution in [2.24, 2.45) is 5.92 Å². The molecule has 1 unspecified atom stereocenters. The number of rotatable bonds is 5. The Hall–Kier alpha value is -3.35. The summed E-state index contributed by atoms with van der Waals surface area (Å²) < 4.78 is 6.92. The lowest BCUT2D eigenvalue weighted by atomic mass is 10.0. The van der Waals surface area contributed by atoms with Gasteiger partial charge in [0.15, 0.2) is 0 Å². The van der Waals surface area contributed by atoms with E-state index in [2.05, 4.69) is 15.7 Å². The molecule has 1 aromatic carbocycles. The molecule has 2 aromatic heterocycles. The molecule has 0 fully saturated rings. The molecule has 0 saturated carbocycles. The van der Waals surface area contributed by atoms with E-state index in [0.29, 0.717) is 24.7 Å². The van der Waals surface area contributed by atoms with Crippen molar-refractivity contribution in [1.82, 2.24) is 15.1 Å². The fourth-order valence-corrected chi connectivity index (χ4v) is 3.05. The van der Waals surface area contributed by atoms with Crippen molar-refractivity contribution in [3.05, 3.63) is 60.7 Å². The highest BCUT2D eigenvalue weighted by Crippen LogP contribution is 2.31. The quantitative estimate of drug-likeness (QED) is 0.739. The molecule has 0 aliphatic carbocycles. The smallest absolute Gasteiger partial charge is 0.231 e. The Morgan fingerprint density at radius 1 is 1.27 bits per heavy atom. The largest absolute Gasteiger partial charge is 0.467 e. The summed E-state index contributed by atoms with van der Waals surface area (Å²) in [5.74, 6) is 0.535. The fourth-order valence-electron chi connectivity index (χ4n) is 3.05. The summed E-state index contributed by atoms with van der Waals surface area (Å²) in [6.07, 6.45) is 3.40. The Morgan fingerprint density at radius 2 is 2.12 bits per heavy atom. The zero-order valence-electron chi connectivity index (χ0n) is 14.0. The Balaban J connectivity index is 1.43. The van der Waals surface area contributed by atoms with Crippen LogP contribution in [0, 0.1) is 5.92 Å². The molecule has 26 heavy (non-hydrogen) atoms. The lowest BCUT2D eigenvalue weighted by Crippen LogP contribution is -2.37. The number of furan rings is 1. The van der Waals surface area contributed by atoms with Gasteiger partial charge >= 0.3 is 0 Å². The highest BCUT2D eigenvalue weighted by Gasteiger charge is 2.30. The number of aromatic nitrogens is 2. The first-order chi connectivity index (χ1) is 12.7. The van der Waals surface area contributed by atoms with E-state index in [1.165, 1.54) is 0 Å². The summed E-state index contributed by atoms with van der Waals surface area (Å²) >= 11 is 0. The molecule has 1 aliphatic heterocycles. The topological polar surface area (TPSA) is 89.2 Å². The highest BCUT2D eigenvalue weighted by molar-refractivity contribution is 5.98. The van der Waals surface area contributed by atoms with Gasteiger partial charge in [0.2, 0.25) is 11.8 Å². The predicted molar refractivity (Wildman–Crippen MR) is 95.0 cm³/mol. The maximum atomic E-state index is 12.5. The maximum Gasteiger partial charge on any atom is 0.231 e. The first-order valence-electron chi connectivity index (χ1n) is 8.42. The molecule has 2 amide bonds. The van der Waals surface area contributed by atoms with E-state index in [9.17, 15) is 9.59 Å². The Bertz CT molecular complexity index is 916. The van der Waals surface area contributed by atoms with Gasteiger partial charge in [-0.05, 0) is 17.7 Å². The normalized spacial score (nSPS) is 16.0. The van der Waals surface area contributed by atoms with Crippen molar-refractivity contribution in [1.29, 1.82) is 0 Å². The number of anilines is 1. The molecular formula is C19H18N4O3. The lowest BCUT2D eigenvalue weighted by molar-refractivity contribution is -0.128. The Kier molecular flexibility index (Phi) is 4.27. The first-order valence-corrected chi connectivity index (χ1v) is 8.42. The highest BCUT2D eigenvalue weighted by atomic mass is 16.3. The zero-order valence-corrected chi connectivity index (χ0v) is 14.0. The number of amides is 2. The summed E-state index contributed by atoms with van der Waals surface area (Å²) in [5.41, 5.74) is 1.86. The molecule has 0 spiro atoms. The summed E-state index contributed by atoms with van der Waals surface area (Å²) in [7, 11) is 0. The van der Waals surface area contributed by atoms with Crippen molar-refractivity contribution in [2.45, 2.75) is 19.5 Å². The van der Waals surface area contributed by atoms with Crippen molar-refractivity contribution in [2.75, 3.05) is 5.32 Å². The van der Waals surface area contributed by atoms with Crippen LogP contribution in [-0.2, 0) is 22.7 Å². The van der Waals surface area contributed by atoms with Gasteiger partial charge in [-0.2, -0.15) is 5.10 Å². The molecule has 132 valence electrons. The van der Waals surface area contributed by atoms with Crippen LogP contribution in [0.2, 0.25) is 0 Å². The Morgan fingerprint density at radius 3 is 2.88 bits per heavy atom. The van der Waals surface area contributed by atoms with Crippen LogP contribution in [0.4, 0.5) is 5.82 Å². The second-order valence-electron chi connectivity index (χ2n) is 6.20. The molecule has 0 saturated heterocycles. The van der Waals surface area contributed by atoms with Gasteiger partial charge in [0, 0.05) is 12.0 Å². The number of nitrogens with one attached hydrogen (secondary N) is 2. The number of hydrogen-bond donors (Lipinski definition) is 2. The van der Waals surface area contributed by atoms with Gasteiger partial charge < -0.3 is 15.1 Å². The molecule has 4 rings (SSSR count). The fraction of sp³-hybridized carbons (Fsp3) is 0.211. The maximum absolute atomic E-state index is 12.5. The second kappa shape index (κ2) is 6.87. The van der Waals surface area contributed by atoms with Crippen LogP contribution in [0.5, 0.6) is 0 Å². The van der Waals surface area contributed by atoms with Gasteiger partial charge in [-0.25, -0.2) is 4.68 Å². The van der Waals surface area contributed by atoms with Gasteiger partial charge in [0.05, 0.1) is 31.5 Å². The minimum atomic E-state index is -0.456. The zero-order chi connectivity index (χ0) is 17.9.